The van der Waals surface area contributed by atoms with E-state index in [1.807, 2.05) is 18.2 Å². The molecular formula is C45H32BN5. The number of benzene rings is 6. The van der Waals surface area contributed by atoms with E-state index in [-0.39, 0.29) is 12.6 Å². The Morgan fingerprint density at radius 3 is 1.55 bits per heavy atom. The molecule has 0 spiro atoms. The van der Waals surface area contributed by atoms with Crippen molar-refractivity contribution in [3.63, 3.8) is 0 Å². The Hall–Kier alpha value is -6.53. The van der Waals surface area contributed by atoms with Crippen LogP contribution in [0.2, 0.25) is 0 Å². The highest BCUT2D eigenvalue weighted by molar-refractivity contribution is 7.00. The second kappa shape index (κ2) is 12.1. The second-order valence-electron chi connectivity index (χ2n) is 13.2. The third kappa shape index (κ3) is 4.91. The average molecular weight is 654 g/mol. The number of anilines is 6. The summed E-state index contributed by atoms with van der Waals surface area (Å²) in [5.41, 5.74) is 12.6. The van der Waals surface area contributed by atoms with Crippen molar-refractivity contribution in [2.45, 2.75) is 12.3 Å². The van der Waals surface area contributed by atoms with Crippen molar-refractivity contribution in [2.75, 3.05) is 9.80 Å². The van der Waals surface area contributed by atoms with E-state index in [1.54, 1.807) is 0 Å². The SMILES string of the molecule is C1=CCC(c2nc(-c3ccccc3)nc(-c3cc4c5c(c3)N(c3ccccc3)c3ccccc3B5c3ccccc3N4c3ccccc3)n2)C=C1. The summed E-state index contributed by atoms with van der Waals surface area (Å²) in [7, 11) is 0. The minimum atomic E-state index is 0.0457. The number of nitrogens with zero attached hydrogens (tertiary/aromatic N) is 5. The van der Waals surface area contributed by atoms with Crippen LogP contribution < -0.4 is 26.2 Å². The van der Waals surface area contributed by atoms with Gasteiger partial charge in [0.05, 0.1) is 0 Å². The number of fused-ring (bicyclic) bond motifs is 4. The maximum atomic E-state index is 5.25. The van der Waals surface area contributed by atoms with Crippen LogP contribution in [0.4, 0.5) is 34.1 Å². The monoisotopic (exact) mass is 653 g/mol. The standard InChI is InChI=1S/C45H32BN5/c1-5-17-31(18-6-1)43-47-44(32-19-7-2-8-20-32)49-45(48-43)33-29-40-42-41(30-33)51(35-23-11-4-12-24-35)39-28-16-14-26-37(39)46(42)36-25-13-15-27-38(36)50(40)34-21-9-3-10-22-34/h1-19,21-30,32H,20H2. The fourth-order valence-corrected chi connectivity index (χ4v) is 7.91. The summed E-state index contributed by atoms with van der Waals surface area (Å²) in [5, 5.41) is 0. The lowest BCUT2D eigenvalue weighted by atomic mass is 9.33. The molecule has 51 heavy (non-hydrogen) atoms. The predicted molar refractivity (Wildman–Crippen MR) is 210 cm³/mol. The lowest BCUT2D eigenvalue weighted by molar-refractivity contribution is 0.764. The van der Waals surface area contributed by atoms with Crippen molar-refractivity contribution in [3.05, 3.63) is 182 Å². The van der Waals surface area contributed by atoms with Gasteiger partial charge in [-0.3, -0.25) is 0 Å². The van der Waals surface area contributed by atoms with Crippen LogP contribution >= 0.6 is 0 Å². The number of allylic oxidation sites excluding steroid dienone is 4. The Morgan fingerprint density at radius 2 is 1.00 bits per heavy atom. The van der Waals surface area contributed by atoms with Gasteiger partial charge >= 0.3 is 0 Å². The van der Waals surface area contributed by atoms with Crippen molar-refractivity contribution in [3.8, 4) is 22.8 Å². The van der Waals surface area contributed by atoms with Gasteiger partial charge in [0.2, 0.25) is 0 Å². The van der Waals surface area contributed by atoms with Gasteiger partial charge in [0, 0.05) is 51.2 Å². The van der Waals surface area contributed by atoms with Crippen LogP contribution in [0.15, 0.2) is 176 Å². The van der Waals surface area contributed by atoms with Gasteiger partial charge in [-0.1, -0.05) is 127 Å². The molecule has 6 heteroatoms. The molecule has 0 fully saturated rings. The molecule has 0 bridgehead atoms. The zero-order chi connectivity index (χ0) is 33.7. The smallest absolute Gasteiger partial charge is 0.252 e. The van der Waals surface area contributed by atoms with E-state index in [1.165, 1.54) is 27.8 Å². The second-order valence-corrected chi connectivity index (χ2v) is 13.2. The van der Waals surface area contributed by atoms with E-state index in [4.69, 9.17) is 15.0 Å². The van der Waals surface area contributed by atoms with Crippen molar-refractivity contribution >= 4 is 57.2 Å². The lowest BCUT2D eigenvalue weighted by Crippen LogP contribution is -2.61. The van der Waals surface area contributed by atoms with Gasteiger partial charge in [0.1, 0.15) is 5.82 Å². The van der Waals surface area contributed by atoms with E-state index >= 15 is 0 Å². The number of para-hydroxylation sites is 4. The number of hydrogen-bond donors (Lipinski definition) is 0. The Labute approximate surface area is 298 Å². The molecule has 3 heterocycles. The van der Waals surface area contributed by atoms with Crippen molar-refractivity contribution in [2.24, 2.45) is 0 Å². The molecule has 1 atom stereocenters. The van der Waals surface area contributed by atoms with Gasteiger partial charge in [0.15, 0.2) is 11.6 Å². The first-order valence-corrected chi connectivity index (χ1v) is 17.5. The van der Waals surface area contributed by atoms with E-state index in [0.29, 0.717) is 11.6 Å². The molecule has 10 rings (SSSR count). The van der Waals surface area contributed by atoms with Crippen LogP contribution in [0.25, 0.3) is 22.8 Å². The molecular weight excluding hydrogens is 621 g/mol. The van der Waals surface area contributed by atoms with Crippen LogP contribution in [0, 0.1) is 0 Å². The third-order valence-electron chi connectivity index (χ3n) is 10.2. The van der Waals surface area contributed by atoms with E-state index in [2.05, 4.69) is 168 Å². The topological polar surface area (TPSA) is 45.2 Å². The minimum absolute atomic E-state index is 0.0457. The Morgan fingerprint density at radius 1 is 0.490 bits per heavy atom. The highest BCUT2D eigenvalue weighted by atomic mass is 15.2. The molecule has 0 saturated heterocycles. The number of rotatable bonds is 5. The summed E-state index contributed by atoms with van der Waals surface area (Å²) in [6.45, 7) is 0.0457. The van der Waals surface area contributed by atoms with Gasteiger partial charge < -0.3 is 9.80 Å². The summed E-state index contributed by atoms with van der Waals surface area (Å²) in [6, 6.07) is 53.9. The molecule has 1 aromatic heterocycles. The summed E-state index contributed by atoms with van der Waals surface area (Å²) in [4.78, 5) is 20.4. The summed E-state index contributed by atoms with van der Waals surface area (Å²) >= 11 is 0. The van der Waals surface area contributed by atoms with Crippen LogP contribution in [0.1, 0.15) is 18.2 Å². The molecule has 0 saturated carbocycles. The van der Waals surface area contributed by atoms with Crippen LogP contribution in [-0.2, 0) is 0 Å². The Bertz CT molecular complexity index is 2370. The maximum absolute atomic E-state index is 5.25. The average Bonchev–Trinajstić information content (AvgIpc) is 3.21. The van der Waals surface area contributed by atoms with Crippen LogP contribution in [-0.4, -0.2) is 21.7 Å². The van der Waals surface area contributed by atoms with E-state index < -0.39 is 0 Å². The molecule has 3 aliphatic rings. The molecule has 1 aliphatic carbocycles. The van der Waals surface area contributed by atoms with Gasteiger partial charge in [-0.15, -0.1) is 0 Å². The van der Waals surface area contributed by atoms with Gasteiger partial charge in [-0.2, -0.15) is 0 Å². The molecule has 0 radical (unpaired) electrons. The highest BCUT2D eigenvalue weighted by Crippen LogP contribution is 2.45. The summed E-state index contributed by atoms with van der Waals surface area (Å²) in [6.07, 6.45) is 9.41. The largest absolute Gasteiger partial charge is 0.311 e. The van der Waals surface area contributed by atoms with E-state index in [9.17, 15) is 0 Å². The maximum Gasteiger partial charge on any atom is 0.252 e. The van der Waals surface area contributed by atoms with Crippen molar-refractivity contribution in [1.82, 2.24) is 15.0 Å². The molecule has 1 unspecified atom stereocenters. The number of aromatic nitrogens is 3. The highest BCUT2D eigenvalue weighted by Gasteiger charge is 2.43. The van der Waals surface area contributed by atoms with Gasteiger partial charge in [-0.05, 0) is 71.3 Å². The fraction of sp³-hybridized carbons (Fsp3) is 0.0444. The minimum Gasteiger partial charge on any atom is -0.311 e. The van der Waals surface area contributed by atoms with Gasteiger partial charge in [-0.25, -0.2) is 15.0 Å². The first kappa shape index (κ1) is 29.4. The normalized spacial score (nSPS) is 15.3. The molecule has 240 valence electrons. The van der Waals surface area contributed by atoms with Crippen molar-refractivity contribution in [1.29, 1.82) is 0 Å². The first-order valence-electron chi connectivity index (χ1n) is 17.5. The number of hydrogen-bond acceptors (Lipinski definition) is 5. The zero-order valence-electron chi connectivity index (χ0n) is 27.8. The molecule has 7 aromatic rings. The third-order valence-corrected chi connectivity index (χ3v) is 10.2. The quantitative estimate of drug-likeness (QED) is 0.174. The van der Waals surface area contributed by atoms with E-state index in [0.717, 1.165) is 46.1 Å². The van der Waals surface area contributed by atoms with Crippen LogP contribution in [0.5, 0.6) is 0 Å². The zero-order valence-corrected chi connectivity index (χ0v) is 27.8. The first-order chi connectivity index (χ1) is 25.3. The summed E-state index contributed by atoms with van der Waals surface area (Å²) < 4.78 is 0. The fourth-order valence-electron chi connectivity index (χ4n) is 7.91. The molecule has 6 aromatic carbocycles. The molecule has 0 N–H and O–H groups in total. The van der Waals surface area contributed by atoms with Crippen LogP contribution in [0.3, 0.4) is 0 Å². The predicted octanol–water partition coefficient (Wildman–Crippen LogP) is 8.89. The van der Waals surface area contributed by atoms with Crippen molar-refractivity contribution < 1.29 is 0 Å². The summed E-state index contributed by atoms with van der Waals surface area (Å²) in [5.74, 6) is 2.19. The molecule has 2 aliphatic heterocycles. The lowest BCUT2D eigenvalue weighted by Gasteiger charge is -2.44. The Balaban J connectivity index is 1.29. The Kier molecular flexibility index (Phi) is 6.98. The molecule has 0 amide bonds. The molecule has 5 nitrogen and oxygen atoms in total. The van der Waals surface area contributed by atoms with Gasteiger partial charge in [0.25, 0.3) is 6.71 Å².